The zero-order valence-corrected chi connectivity index (χ0v) is 23.9. The molecule has 3 aromatic rings. The van der Waals surface area contributed by atoms with Gasteiger partial charge in [-0.05, 0) is 23.8 Å². The molecular weight excluding hydrogens is 625 g/mol. The van der Waals surface area contributed by atoms with Gasteiger partial charge in [-0.25, -0.2) is 14.6 Å². The van der Waals surface area contributed by atoms with E-state index in [0.717, 1.165) is 33.2 Å². The molecule has 2 amide bonds. The minimum absolute atomic E-state index is 0.0672. The molecule has 1 unspecified atom stereocenters. The van der Waals surface area contributed by atoms with Gasteiger partial charge in [-0.2, -0.15) is 0 Å². The topological polar surface area (TPSA) is 238 Å². The third kappa shape index (κ3) is 6.01. The summed E-state index contributed by atoms with van der Waals surface area (Å²) >= 11 is 3.58. The molecule has 0 saturated carbocycles. The number of phenols is 2. The number of thiazole rings is 2. The lowest BCUT2D eigenvalue weighted by atomic mass is 10.0. The average Bonchev–Trinajstić information content (AvgIpc) is 3.65. The Morgan fingerprint density at radius 3 is 2.60 bits per heavy atom. The summed E-state index contributed by atoms with van der Waals surface area (Å²) in [5.41, 5.74) is 6.87. The van der Waals surface area contributed by atoms with Crippen molar-refractivity contribution in [3.63, 3.8) is 0 Å². The number of aromatic hydroxyl groups is 2. The van der Waals surface area contributed by atoms with E-state index in [1.807, 2.05) is 0 Å². The van der Waals surface area contributed by atoms with E-state index in [0.29, 0.717) is 5.57 Å². The van der Waals surface area contributed by atoms with Gasteiger partial charge in [0, 0.05) is 27.8 Å². The number of amides is 2. The number of carbonyl (C=O) groups is 4. The Morgan fingerprint density at radius 2 is 1.98 bits per heavy atom. The maximum absolute atomic E-state index is 13.4. The van der Waals surface area contributed by atoms with Crippen LogP contribution in [0.15, 0.2) is 57.8 Å². The Bertz CT molecular complexity index is 1700. The predicted molar refractivity (Wildman–Crippen MR) is 155 cm³/mol. The molecule has 2 aromatic heterocycles. The van der Waals surface area contributed by atoms with Crippen LogP contribution in [-0.2, 0) is 24.0 Å². The number of thioether (sulfide) groups is 1. The van der Waals surface area contributed by atoms with Crippen LogP contribution in [0.3, 0.4) is 0 Å². The molecule has 1 aromatic carbocycles. The molecule has 3 atom stereocenters. The van der Waals surface area contributed by atoms with Gasteiger partial charge in [0.25, 0.3) is 11.8 Å². The van der Waals surface area contributed by atoms with Crippen molar-refractivity contribution in [3.05, 3.63) is 68.8 Å². The maximum Gasteiger partial charge on any atom is 0.352 e. The summed E-state index contributed by atoms with van der Waals surface area (Å²) in [5.74, 6) is -5.31. The van der Waals surface area contributed by atoms with Gasteiger partial charge in [0.05, 0.1) is 5.51 Å². The van der Waals surface area contributed by atoms with Crippen LogP contribution in [0.2, 0.25) is 0 Å². The number of aromatic nitrogens is 2. The van der Waals surface area contributed by atoms with Crippen molar-refractivity contribution in [1.82, 2.24) is 20.2 Å². The molecule has 1 fully saturated rings. The molecule has 0 spiro atoms. The molecule has 2 aliphatic heterocycles. The third-order valence-electron chi connectivity index (χ3n) is 6.14. The second kappa shape index (κ2) is 12.1. The number of oxime groups is 1. The molecule has 222 valence electrons. The van der Waals surface area contributed by atoms with Crippen molar-refractivity contribution < 1.29 is 44.4 Å². The van der Waals surface area contributed by atoms with Gasteiger partial charge in [-0.1, -0.05) is 17.3 Å². The SMILES string of the molecule is Nc1nc(/C(=N/OC(C(=O)O)c2ccc(O)c(O)c2)C(=O)N[C@@H]2C(=O)N3C(C(=O)O)=C(/C=C/c4cncs4)CS[C@H]23)cs1. The van der Waals surface area contributed by atoms with Crippen molar-refractivity contribution in [2.45, 2.75) is 17.5 Å². The summed E-state index contributed by atoms with van der Waals surface area (Å²) in [4.78, 5) is 65.6. The number of nitrogens with two attached hydrogens (primary N) is 1. The number of nitrogens with zero attached hydrogens (tertiary/aromatic N) is 4. The van der Waals surface area contributed by atoms with Gasteiger partial charge < -0.3 is 36.3 Å². The Morgan fingerprint density at radius 1 is 1.19 bits per heavy atom. The standard InChI is InChI=1S/C25H20N6O9S3/c26-25-28-13(8-42-25)16(30-40-19(24(38)39)10-2-4-14(32)15(33)5-10)20(34)29-17-21(35)31-18(23(36)37)11(7-41-22(17)31)1-3-12-6-27-9-43-12/h1-6,8-9,17,19,22,32-33H,7H2,(H2,26,28)(H,29,34)(H,36,37)(H,38,39)/b3-1+,30-16-/t17-,19?,22-/m1/s1. The normalized spacial score (nSPS) is 19.1. The molecular formula is C25H20N6O9S3. The van der Waals surface area contributed by atoms with E-state index in [9.17, 15) is 39.6 Å². The third-order valence-corrected chi connectivity index (χ3v) is 8.86. The molecule has 15 nitrogen and oxygen atoms in total. The zero-order chi connectivity index (χ0) is 30.8. The number of anilines is 1. The number of carboxylic acids is 2. The number of β-lactam (4-membered cyclic amide) rings is 1. The number of rotatable bonds is 10. The number of aliphatic carboxylic acids is 2. The Kier molecular flexibility index (Phi) is 8.33. The van der Waals surface area contributed by atoms with Crippen LogP contribution in [0, 0.1) is 0 Å². The smallest absolute Gasteiger partial charge is 0.352 e. The molecule has 18 heteroatoms. The molecule has 5 rings (SSSR count). The first-order chi connectivity index (χ1) is 20.5. The summed E-state index contributed by atoms with van der Waals surface area (Å²) in [5, 5.41) is 45.8. The molecule has 0 bridgehead atoms. The van der Waals surface area contributed by atoms with Gasteiger partial charge in [0.1, 0.15) is 22.8 Å². The second-order valence-corrected chi connectivity index (χ2v) is 11.8. The number of carbonyl (C=O) groups excluding carboxylic acids is 2. The van der Waals surface area contributed by atoms with E-state index in [-0.39, 0.29) is 27.8 Å². The highest BCUT2D eigenvalue weighted by Crippen LogP contribution is 2.41. The molecule has 43 heavy (non-hydrogen) atoms. The molecule has 4 heterocycles. The number of nitrogens with one attached hydrogen (secondary N) is 1. The van der Waals surface area contributed by atoms with Crippen LogP contribution in [0.4, 0.5) is 5.13 Å². The highest BCUT2D eigenvalue weighted by atomic mass is 32.2. The first kappa shape index (κ1) is 29.5. The number of carboxylic acid groups (broad SMARTS) is 2. The molecule has 7 N–H and O–H groups in total. The van der Waals surface area contributed by atoms with Crippen molar-refractivity contribution in [1.29, 1.82) is 0 Å². The van der Waals surface area contributed by atoms with E-state index in [1.165, 1.54) is 34.5 Å². The van der Waals surface area contributed by atoms with Gasteiger partial charge in [0.15, 0.2) is 22.3 Å². The fourth-order valence-electron chi connectivity index (χ4n) is 4.13. The Hall–Kier alpha value is -4.94. The number of hydrogen-bond donors (Lipinski definition) is 6. The van der Waals surface area contributed by atoms with E-state index in [2.05, 4.69) is 20.4 Å². The van der Waals surface area contributed by atoms with Crippen LogP contribution < -0.4 is 11.1 Å². The highest BCUT2D eigenvalue weighted by molar-refractivity contribution is 8.00. The van der Waals surface area contributed by atoms with E-state index in [1.54, 1.807) is 23.9 Å². The molecule has 0 aliphatic carbocycles. The maximum atomic E-state index is 13.4. The number of hydrogen-bond acceptors (Lipinski definition) is 14. The summed E-state index contributed by atoms with van der Waals surface area (Å²) in [7, 11) is 0. The first-order valence-electron chi connectivity index (χ1n) is 12.0. The molecule has 0 radical (unpaired) electrons. The fraction of sp³-hybridized carbons (Fsp3) is 0.160. The van der Waals surface area contributed by atoms with Gasteiger partial charge in [-0.15, -0.1) is 34.4 Å². The van der Waals surface area contributed by atoms with Crippen molar-refractivity contribution >= 4 is 75.1 Å². The summed E-state index contributed by atoms with van der Waals surface area (Å²) in [6, 6.07) is 2.06. The number of benzene rings is 1. The minimum Gasteiger partial charge on any atom is -0.504 e. The number of fused-ring (bicyclic) bond motifs is 1. The highest BCUT2D eigenvalue weighted by Gasteiger charge is 2.54. The Balaban J connectivity index is 1.38. The number of allylic oxidation sites excluding steroid dienone is 1. The summed E-state index contributed by atoms with van der Waals surface area (Å²) in [6.07, 6.45) is 3.13. The second-order valence-electron chi connectivity index (χ2n) is 8.86. The molecule has 1 saturated heterocycles. The lowest BCUT2D eigenvalue weighted by Gasteiger charge is -2.49. The lowest BCUT2D eigenvalue weighted by Crippen LogP contribution is -2.71. The van der Waals surface area contributed by atoms with Crippen LogP contribution in [0.25, 0.3) is 6.08 Å². The molecule has 2 aliphatic rings. The largest absolute Gasteiger partial charge is 0.504 e. The predicted octanol–water partition coefficient (Wildman–Crippen LogP) is 1.59. The minimum atomic E-state index is -1.81. The van der Waals surface area contributed by atoms with Gasteiger partial charge in [-0.3, -0.25) is 19.5 Å². The quantitative estimate of drug-likeness (QED) is 0.0797. The summed E-state index contributed by atoms with van der Waals surface area (Å²) in [6.45, 7) is 0. The van der Waals surface area contributed by atoms with Crippen LogP contribution in [0.5, 0.6) is 11.5 Å². The fourth-order valence-corrected chi connectivity index (χ4v) is 6.51. The first-order valence-corrected chi connectivity index (χ1v) is 14.8. The number of phenolic OH excluding ortho intramolecular Hbond substituents is 2. The van der Waals surface area contributed by atoms with Crippen LogP contribution >= 0.6 is 34.4 Å². The van der Waals surface area contributed by atoms with Crippen molar-refractivity contribution in [2.24, 2.45) is 5.16 Å². The monoisotopic (exact) mass is 644 g/mol. The van der Waals surface area contributed by atoms with E-state index >= 15 is 0 Å². The number of nitrogen functional groups attached to an aromatic ring is 1. The van der Waals surface area contributed by atoms with Crippen molar-refractivity contribution in [3.8, 4) is 11.5 Å². The average molecular weight is 645 g/mol. The van der Waals surface area contributed by atoms with Crippen LogP contribution in [0.1, 0.15) is 22.2 Å². The Labute approximate surface area is 253 Å². The van der Waals surface area contributed by atoms with E-state index < -0.39 is 58.5 Å². The van der Waals surface area contributed by atoms with Gasteiger partial charge in [0.2, 0.25) is 6.10 Å². The lowest BCUT2D eigenvalue weighted by molar-refractivity contribution is -0.151. The zero-order valence-electron chi connectivity index (χ0n) is 21.5. The summed E-state index contributed by atoms with van der Waals surface area (Å²) < 4.78 is 0. The van der Waals surface area contributed by atoms with Crippen molar-refractivity contribution in [2.75, 3.05) is 11.5 Å². The van der Waals surface area contributed by atoms with Gasteiger partial charge >= 0.3 is 11.9 Å². The van der Waals surface area contributed by atoms with E-state index in [4.69, 9.17) is 10.6 Å². The van der Waals surface area contributed by atoms with Crippen LogP contribution in [-0.4, -0.2) is 81.9 Å².